The van der Waals surface area contributed by atoms with Crippen LogP contribution in [0.1, 0.15) is 40.8 Å². The number of aliphatic hydroxyl groups excluding tert-OH is 1. The Kier molecular flexibility index (Phi) is 5.31. The van der Waals surface area contributed by atoms with Crippen LogP contribution in [-0.4, -0.2) is 33.0 Å². The van der Waals surface area contributed by atoms with Crippen LogP contribution in [0, 0.1) is 13.8 Å². The normalized spacial score (nSPS) is 20.5. The van der Waals surface area contributed by atoms with Gasteiger partial charge in [0.2, 0.25) is 0 Å². The van der Waals surface area contributed by atoms with Crippen LogP contribution in [0.25, 0.3) is 16.0 Å². The van der Waals surface area contributed by atoms with Crippen LogP contribution in [0.4, 0.5) is 5.13 Å². The molecule has 1 amide bonds. The van der Waals surface area contributed by atoms with Crippen LogP contribution in [0.2, 0.25) is 0 Å². The van der Waals surface area contributed by atoms with Gasteiger partial charge in [0.05, 0.1) is 21.8 Å². The minimum atomic E-state index is -0.961. The predicted molar refractivity (Wildman–Crippen MR) is 142 cm³/mol. The van der Waals surface area contributed by atoms with Gasteiger partial charge in [0, 0.05) is 12.0 Å². The van der Waals surface area contributed by atoms with E-state index in [0.29, 0.717) is 22.7 Å². The van der Waals surface area contributed by atoms with Gasteiger partial charge in [-0.2, -0.15) is 0 Å². The molecule has 2 atom stereocenters. The molecule has 186 valence electrons. The van der Waals surface area contributed by atoms with E-state index >= 15 is 0 Å². The van der Waals surface area contributed by atoms with Gasteiger partial charge in [0.1, 0.15) is 23.4 Å². The van der Waals surface area contributed by atoms with Crippen LogP contribution in [0.5, 0.6) is 11.5 Å². The van der Waals surface area contributed by atoms with Crippen LogP contribution in [-0.2, 0) is 16.0 Å². The molecule has 2 aliphatic heterocycles. The second kappa shape index (κ2) is 8.45. The molecule has 2 N–H and O–H groups in total. The Balaban J connectivity index is 1.55. The van der Waals surface area contributed by atoms with Crippen molar-refractivity contribution in [3.8, 4) is 11.5 Å². The number of rotatable bonds is 3. The molecule has 8 heteroatoms. The monoisotopic (exact) mass is 512 g/mol. The van der Waals surface area contributed by atoms with Gasteiger partial charge in [-0.25, -0.2) is 4.98 Å². The van der Waals surface area contributed by atoms with Gasteiger partial charge < -0.3 is 14.9 Å². The highest BCUT2D eigenvalue weighted by Crippen LogP contribution is 2.45. The molecule has 1 fully saturated rings. The zero-order chi connectivity index (χ0) is 26.0. The number of amides is 1. The molecule has 0 bridgehead atoms. The fourth-order valence-corrected chi connectivity index (χ4v) is 6.40. The van der Waals surface area contributed by atoms with Gasteiger partial charge in [0.15, 0.2) is 5.13 Å². The molecule has 37 heavy (non-hydrogen) atoms. The van der Waals surface area contributed by atoms with E-state index in [4.69, 9.17) is 9.72 Å². The lowest BCUT2D eigenvalue weighted by molar-refractivity contribution is -0.132. The van der Waals surface area contributed by atoms with Gasteiger partial charge in [-0.05, 0) is 79.4 Å². The summed E-state index contributed by atoms with van der Waals surface area (Å²) in [4.78, 5) is 33.0. The van der Waals surface area contributed by atoms with E-state index in [-0.39, 0.29) is 23.2 Å². The molecule has 0 aliphatic carbocycles. The van der Waals surface area contributed by atoms with Crippen LogP contribution in [0.15, 0.2) is 60.2 Å². The van der Waals surface area contributed by atoms with E-state index in [9.17, 15) is 19.8 Å². The average molecular weight is 513 g/mol. The highest BCUT2D eigenvalue weighted by molar-refractivity contribution is 7.22. The number of anilines is 1. The molecule has 0 spiro atoms. The van der Waals surface area contributed by atoms with Crippen LogP contribution in [0.3, 0.4) is 0 Å². The average Bonchev–Trinajstić information content (AvgIpc) is 3.51. The van der Waals surface area contributed by atoms with E-state index in [1.807, 2.05) is 32.9 Å². The lowest BCUT2D eigenvalue weighted by atomic mass is 9.94. The Labute approximate surface area is 217 Å². The summed E-state index contributed by atoms with van der Waals surface area (Å²) in [6.07, 6.45) is 0.710. The summed E-state index contributed by atoms with van der Waals surface area (Å²) in [6.45, 7) is 5.92. The van der Waals surface area contributed by atoms with Crippen molar-refractivity contribution in [1.29, 1.82) is 0 Å². The molecule has 1 saturated heterocycles. The van der Waals surface area contributed by atoms with Gasteiger partial charge >= 0.3 is 5.91 Å². The van der Waals surface area contributed by atoms with Crippen molar-refractivity contribution in [2.24, 2.45) is 0 Å². The van der Waals surface area contributed by atoms with E-state index in [1.165, 1.54) is 28.4 Å². The third-order valence-electron chi connectivity index (χ3n) is 6.82. The number of fused-ring (bicyclic) bond motifs is 2. The molecule has 4 aromatic rings. The Morgan fingerprint density at radius 1 is 1.11 bits per heavy atom. The standard InChI is InChI=1S/C29H24N2O5S/c1-14-9-15(2)24-22(10-14)37-29(30-24)31-25(17-5-4-6-20(32)13-17)23(27(34)28(31)35)26(33)18-7-8-21-19(12-18)11-16(3)36-21/h4-10,12-13,16,25,32-33H,11H2,1-3H3/b26-23+/t16-,25+/m1/s1. The molecular weight excluding hydrogens is 488 g/mol. The Morgan fingerprint density at radius 2 is 1.92 bits per heavy atom. The third kappa shape index (κ3) is 3.76. The molecule has 1 aromatic heterocycles. The summed E-state index contributed by atoms with van der Waals surface area (Å²) in [5, 5.41) is 22.0. The summed E-state index contributed by atoms with van der Waals surface area (Å²) in [5.41, 5.74) is 4.60. The molecule has 3 aromatic carbocycles. The number of thiazole rings is 1. The number of carbonyl (C=O) groups is 2. The Morgan fingerprint density at radius 3 is 2.70 bits per heavy atom. The van der Waals surface area contributed by atoms with Gasteiger partial charge in [0.25, 0.3) is 5.78 Å². The van der Waals surface area contributed by atoms with E-state index in [1.54, 1.807) is 30.3 Å². The lowest BCUT2D eigenvalue weighted by Crippen LogP contribution is -2.29. The highest BCUT2D eigenvalue weighted by atomic mass is 32.1. The number of aryl methyl sites for hydroxylation is 2. The third-order valence-corrected chi connectivity index (χ3v) is 7.83. The number of hydrogen-bond donors (Lipinski definition) is 2. The van der Waals surface area contributed by atoms with Crippen molar-refractivity contribution in [3.05, 3.63) is 88.0 Å². The minimum absolute atomic E-state index is 0.0116. The summed E-state index contributed by atoms with van der Waals surface area (Å²) in [6, 6.07) is 14.7. The quantitative estimate of drug-likeness (QED) is 0.212. The van der Waals surface area contributed by atoms with E-state index in [2.05, 4.69) is 0 Å². The number of nitrogens with zero attached hydrogens (tertiary/aromatic N) is 2. The zero-order valence-corrected chi connectivity index (χ0v) is 21.3. The number of ether oxygens (including phenoxy) is 1. The largest absolute Gasteiger partial charge is 0.508 e. The van der Waals surface area contributed by atoms with Crippen molar-refractivity contribution in [3.63, 3.8) is 0 Å². The SMILES string of the molecule is Cc1cc(C)c2nc(N3C(=O)C(=O)/C(=C(/O)c4ccc5c(c4)C[C@@H](C)O5)[C@@H]3c3cccc(O)c3)sc2c1. The summed E-state index contributed by atoms with van der Waals surface area (Å²) in [7, 11) is 0. The fourth-order valence-electron chi connectivity index (χ4n) is 5.23. The Bertz CT molecular complexity index is 1650. The number of hydrogen-bond acceptors (Lipinski definition) is 7. The number of carbonyl (C=O) groups excluding carboxylic acids is 2. The maximum atomic E-state index is 13.5. The molecule has 0 saturated carbocycles. The lowest BCUT2D eigenvalue weighted by Gasteiger charge is -2.23. The Hall–Kier alpha value is -4.17. The predicted octanol–water partition coefficient (Wildman–Crippen LogP) is 5.57. The number of phenols is 1. The first-order valence-electron chi connectivity index (χ1n) is 12.0. The van der Waals surface area contributed by atoms with Crippen molar-refractivity contribution >= 4 is 44.1 Å². The zero-order valence-electron chi connectivity index (χ0n) is 20.5. The van der Waals surface area contributed by atoms with Crippen molar-refractivity contribution < 1.29 is 24.5 Å². The first-order valence-corrected chi connectivity index (χ1v) is 12.8. The highest BCUT2D eigenvalue weighted by Gasteiger charge is 2.48. The van der Waals surface area contributed by atoms with E-state index < -0.39 is 17.7 Å². The summed E-state index contributed by atoms with van der Waals surface area (Å²) < 4.78 is 6.67. The van der Waals surface area contributed by atoms with Crippen molar-refractivity contribution in [1.82, 2.24) is 4.98 Å². The topological polar surface area (TPSA) is 100.0 Å². The second-order valence-corrected chi connectivity index (χ2v) is 10.7. The van der Waals surface area contributed by atoms with Gasteiger partial charge in [-0.1, -0.05) is 29.5 Å². The first-order chi connectivity index (χ1) is 17.7. The molecule has 6 rings (SSSR count). The molecule has 2 aliphatic rings. The molecule has 3 heterocycles. The number of Topliss-reactive ketones (excluding diaryl/α,β-unsaturated/α-hetero) is 1. The van der Waals surface area contributed by atoms with Crippen LogP contribution >= 0.6 is 11.3 Å². The number of aliphatic hydroxyl groups is 1. The smallest absolute Gasteiger partial charge is 0.301 e. The maximum Gasteiger partial charge on any atom is 0.301 e. The number of aromatic nitrogens is 1. The first kappa shape index (κ1) is 23.2. The molecule has 0 radical (unpaired) electrons. The fraction of sp³-hybridized carbons (Fsp3) is 0.207. The number of aromatic hydroxyl groups is 1. The molecular formula is C29H24N2O5S. The maximum absolute atomic E-state index is 13.5. The van der Waals surface area contributed by atoms with Crippen molar-refractivity contribution in [2.75, 3.05) is 4.90 Å². The van der Waals surface area contributed by atoms with Gasteiger partial charge in [-0.15, -0.1) is 0 Å². The minimum Gasteiger partial charge on any atom is -0.508 e. The van der Waals surface area contributed by atoms with E-state index in [0.717, 1.165) is 32.7 Å². The molecule has 0 unspecified atom stereocenters. The number of benzene rings is 3. The number of phenolic OH excluding ortho intramolecular Hbond substituents is 1. The summed E-state index contributed by atoms with van der Waals surface area (Å²) in [5.74, 6) is -1.12. The van der Waals surface area contributed by atoms with Crippen molar-refractivity contribution in [2.45, 2.75) is 39.3 Å². The van der Waals surface area contributed by atoms with Gasteiger partial charge in [-0.3, -0.25) is 14.5 Å². The molecule has 7 nitrogen and oxygen atoms in total. The van der Waals surface area contributed by atoms with Crippen LogP contribution < -0.4 is 9.64 Å². The summed E-state index contributed by atoms with van der Waals surface area (Å²) >= 11 is 1.32. The number of ketones is 1. The second-order valence-electron chi connectivity index (χ2n) is 9.64.